The molecule has 2 rings (SSSR count). The van der Waals surface area contributed by atoms with Crippen molar-refractivity contribution in [2.75, 3.05) is 0 Å². The van der Waals surface area contributed by atoms with Gasteiger partial charge in [0.05, 0.1) is 5.41 Å². The highest BCUT2D eigenvalue weighted by molar-refractivity contribution is 5.97. The third-order valence-electron chi connectivity index (χ3n) is 5.63. The minimum atomic E-state index is -1.01. The van der Waals surface area contributed by atoms with Crippen LogP contribution in [0.1, 0.15) is 81.1 Å². The van der Waals surface area contributed by atoms with Crippen molar-refractivity contribution in [3.63, 3.8) is 0 Å². The van der Waals surface area contributed by atoms with E-state index < -0.39 is 33.4 Å². The molecule has 162 valence electrons. The van der Waals surface area contributed by atoms with Crippen LogP contribution in [0.2, 0.25) is 0 Å². The minimum absolute atomic E-state index is 0.114. The molecular weight excluding hydrogens is 368 g/mol. The zero-order chi connectivity index (χ0) is 22.5. The number of carbonyl (C=O) groups excluding carboxylic acids is 3. The van der Waals surface area contributed by atoms with E-state index in [1.165, 1.54) is 0 Å². The van der Waals surface area contributed by atoms with Gasteiger partial charge < -0.3 is 9.47 Å². The molecule has 29 heavy (non-hydrogen) atoms. The molecule has 0 N–H and O–H groups in total. The summed E-state index contributed by atoms with van der Waals surface area (Å²) in [7, 11) is 0. The number of ketones is 1. The van der Waals surface area contributed by atoms with Crippen molar-refractivity contribution < 1.29 is 23.9 Å². The molecule has 0 aliphatic heterocycles. The molecule has 0 spiro atoms. The topological polar surface area (TPSA) is 69.7 Å². The zero-order valence-electron chi connectivity index (χ0n) is 19.2. The number of hydrogen-bond acceptors (Lipinski definition) is 5. The van der Waals surface area contributed by atoms with Crippen LogP contribution in [0.15, 0.2) is 24.3 Å². The fourth-order valence-electron chi connectivity index (χ4n) is 4.80. The number of rotatable bonds is 4. The maximum absolute atomic E-state index is 13.5. The molecule has 0 aromatic rings. The Bertz CT molecular complexity index is 763. The standard InChI is InChI=1S/C24H36O5/c1-16(17(25)28-20(2,3)4)13-24(19(27)29-21(5,6)7)14-22(8)11-10-12-23(9,15-24)18(22)26/h10-11H,1,12-15H2,2-9H3/t22-,23+,24+/m1/s1. The highest BCUT2D eigenvalue weighted by atomic mass is 16.6. The lowest BCUT2D eigenvalue weighted by atomic mass is 9.49. The molecule has 3 atom stereocenters. The Labute approximate surface area is 174 Å². The Kier molecular flexibility index (Phi) is 5.72. The van der Waals surface area contributed by atoms with Crippen LogP contribution in [-0.2, 0) is 23.9 Å². The van der Waals surface area contributed by atoms with Gasteiger partial charge in [0.25, 0.3) is 0 Å². The lowest BCUT2D eigenvalue weighted by molar-refractivity contribution is -0.178. The van der Waals surface area contributed by atoms with Gasteiger partial charge in [0, 0.05) is 16.4 Å². The van der Waals surface area contributed by atoms with Crippen LogP contribution in [-0.4, -0.2) is 28.9 Å². The van der Waals surface area contributed by atoms with Gasteiger partial charge in [-0.25, -0.2) is 4.79 Å². The number of hydrogen-bond donors (Lipinski definition) is 0. The molecule has 5 nitrogen and oxygen atoms in total. The van der Waals surface area contributed by atoms with Crippen molar-refractivity contribution >= 4 is 17.7 Å². The van der Waals surface area contributed by atoms with Crippen LogP contribution < -0.4 is 0 Å². The molecule has 0 heterocycles. The van der Waals surface area contributed by atoms with E-state index in [-0.39, 0.29) is 23.7 Å². The maximum atomic E-state index is 13.5. The van der Waals surface area contributed by atoms with Gasteiger partial charge in [-0.2, -0.15) is 0 Å². The first-order chi connectivity index (χ1) is 12.9. The first-order valence-corrected chi connectivity index (χ1v) is 10.3. The van der Waals surface area contributed by atoms with E-state index >= 15 is 0 Å². The Morgan fingerprint density at radius 2 is 1.59 bits per heavy atom. The van der Waals surface area contributed by atoms with Gasteiger partial charge in [0.15, 0.2) is 0 Å². The summed E-state index contributed by atoms with van der Waals surface area (Å²) in [6.45, 7) is 18.5. The predicted octanol–water partition coefficient (Wildman–Crippen LogP) is 4.94. The normalized spacial score (nSPS) is 31.9. The maximum Gasteiger partial charge on any atom is 0.333 e. The molecule has 5 heteroatoms. The summed E-state index contributed by atoms with van der Waals surface area (Å²) in [5.74, 6) is -0.752. The molecule has 2 bridgehead atoms. The number of esters is 2. The van der Waals surface area contributed by atoms with Crippen LogP contribution in [0.4, 0.5) is 0 Å². The predicted molar refractivity (Wildman–Crippen MR) is 112 cm³/mol. The Morgan fingerprint density at radius 1 is 1.03 bits per heavy atom. The van der Waals surface area contributed by atoms with Gasteiger partial charge in [-0.05, 0) is 74.1 Å². The molecule has 0 aromatic heterocycles. The van der Waals surface area contributed by atoms with Crippen molar-refractivity contribution in [2.24, 2.45) is 16.2 Å². The van der Waals surface area contributed by atoms with Gasteiger partial charge in [0.1, 0.15) is 17.0 Å². The smallest absolute Gasteiger partial charge is 0.333 e. The Hall–Kier alpha value is -1.91. The summed E-state index contributed by atoms with van der Waals surface area (Å²) < 4.78 is 11.2. The number of Topliss-reactive ketones (excluding diaryl/α,β-unsaturated/α-hetero) is 1. The largest absolute Gasteiger partial charge is 0.460 e. The summed E-state index contributed by atoms with van der Waals surface area (Å²) in [6.07, 6.45) is 5.25. The van der Waals surface area contributed by atoms with Crippen LogP contribution in [0.25, 0.3) is 0 Å². The molecular formula is C24H36O5. The summed E-state index contributed by atoms with van der Waals surface area (Å²) in [5, 5.41) is 0. The van der Waals surface area contributed by atoms with Crippen molar-refractivity contribution in [2.45, 2.75) is 92.3 Å². The zero-order valence-corrected chi connectivity index (χ0v) is 19.2. The third kappa shape index (κ3) is 4.99. The van der Waals surface area contributed by atoms with E-state index in [2.05, 4.69) is 6.58 Å². The second-order valence-corrected chi connectivity index (χ2v) is 11.3. The van der Waals surface area contributed by atoms with Gasteiger partial charge >= 0.3 is 11.9 Å². The van der Waals surface area contributed by atoms with Crippen molar-refractivity contribution in [1.29, 1.82) is 0 Å². The highest BCUT2D eigenvalue weighted by Gasteiger charge is 2.61. The SMILES string of the molecule is C=C(C[C@@]1(C(=O)OC(C)(C)C)C[C@]2(C)CC=C[C@](C)(C1)C2=O)C(=O)OC(C)(C)C. The second-order valence-electron chi connectivity index (χ2n) is 11.3. The molecule has 0 aromatic carbocycles. The number of carbonyl (C=O) groups is 3. The molecule has 2 aliphatic rings. The van der Waals surface area contributed by atoms with Gasteiger partial charge in [-0.3, -0.25) is 9.59 Å². The lowest BCUT2D eigenvalue weighted by Gasteiger charge is -2.53. The van der Waals surface area contributed by atoms with Crippen LogP contribution in [0.5, 0.6) is 0 Å². The second kappa shape index (κ2) is 7.10. The first kappa shape index (κ1) is 23.4. The van der Waals surface area contributed by atoms with Gasteiger partial charge in [0.2, 0.25) is 0 Å². The van der Waals surface area contributed by atoms with Crippen molar-refractivity contribution in [3.05, 3.63) is 24.3 Å². The lowest BCUT2D eigenvalue weighted by Crippen LogP contribution is -2.56. The van der Waals surface area contributed by atoms with Crippen LogP contribution in [0.3, 0.4) is 0 Å². The molecule has 2 aliphatic carbocycles. The van der Waals surface area contributed by atoms with E-state index in [0.717, 1.165) is 0 Å². The molecule has 1 fully saturated rings. The molecule has 0 radical (unpaired) electrons. The molecule has 1 saturated carbocycles. The first-order valence-electron chi connectivity index (χ1n) is 10.3. The number of ether oxygens (including phenoxy) is 2. The van der Waals surface area contributed by atoms with E-state index in [1.54, 1.807) is 20.8 Å². The summed E-state index contributed by atoms with van der Waals surface area (Å²) in [5.41, 5.74) is -3.55. The van der Waals surface area contributed by atoms with Crippen molar-refractivity contribution in [1.82, 2.24) is 0 Å². The van der Waals surface area contributed by atoms with Crippen LogP contribution in [0, 0.1) is 16.2 Å². The van der Waals surface area contributed by atoms with Crippen molar-refractivity contribution in [3.8, 4) is 0 Å². The highest BCUT2D eigenvalue weighted by Crippen LogP contribution is 2.59. The number of allylic oxidation sites excluding steroid dienone is 2. The van der Waals surface area contributed by atoms with E-state index in [1.807, 2.05) is 46.8 Å². The monoisotopic (exact) mass is 404 g/mol. The van der Waals surface area contributed by atoms with E-state index in [0.29, 0.717) is 19.3 Å². The molecule has 0 unspecified atom stereocenters. The summed E-state index contributed by atoms with van der Waals surface area (Å²) >= 11 is 0. The van der Waals surface area contributed by atoms with E-state index in [9.17, 15) is 14.4 Å². The molecule has 0 amide bonds. The Balaban J connectivity index is 2.45. The Morgan fingerprint density at radius 3 is 2.07 bits per heavy atom. The average Bonchev–Trinajstić information content (AvgIpc) is 2.47. The van der Waals surface area contributed by atoms with Gasteiger partial charge in [-0.1, -0.05) is 25.7 Å². The van der Waals surface area contributed by atoms with Gasteiger partial charge in [-0.15, -0.1) is 0 Å². The fourth-order valence-corrected chi connectivity index (χ4v) is 4.80. The fraction of sp³-hybridized carbons (Fsp3) is 0.708. The quantitative estimate of drug-likeness (QED) is 0.377. The van der Waals surface area contributed by atoms with Crippen LogP contribution >= 0.6 is 0 Å². The summed E-state index contributed by atoms with van der Waals surface area (Å²) in [6, 6.07) is 0. The van der Waals surface area contributed by atoms with E-state index in [4.69, 9.17) is 9.47 Å². The molecule has 0 saturated heterocycles. The minimum Gasteiger partial charge on any atom is -0.460 e. The summed E-state index contributed by atoms with van der Waals surface area (Å²) in [4.78, 5) is 39.2. The number of fused-ring (bicyclic) bond motifs is 2. The third-order valence-corrected chi connectivity index (χ3v) is 5.63. The average molecular weight is 405 g/mol.